The van der Waals surface area contributed by atoms with Gasteiger partial charge in [0.15, 0.2) is 5.82 Å². The highest BCUT2D eigenvalue weighted by Gasteiger charge is 2.21. The third-order valence-corrected chi connectivity index (χ3v) is 5.01. The number of nitrogens with zero attached hydrogens (tertiary/aromatic N) is 2. The minimum atomic E-state index is -3.71. The largest absolute Gasteiger partial charge is 0.494 e. The van der Waals surface area contributed by atoms with Crippen LogP contribution in [0.25, 0.3) is 11.4 Å². The summed E-state index contributed by atoms with van der Waals surface area (Å²) in [6, 6.07) is 15.6. The summed E-state index contributed by atoms with van der Waals surface area (Å²) < 4.78 is 32.2. The van der Waals surface area contributed by atoms with Crippen LogP contribution < -0.4 is 4.74 Å². The van der Waals surface area contributed by atoms with E-state index in [0.717, 1.165) is 5.56 Å². The number of benzene rings is 2. The van der Waals surface area contributed by atoms with Crippen molar-refractivity contribution in [2.24, 2.45) is 0 Å². The molecule has 3 rings (SSSR count). The Morgan fingerprint density at radius 2 is 1.74 bits per heavy atom. The molecule has 0 aliphatic carbocycles. The van der Waals surface area contributed by atoms with E-state index in [1.165, 1.54) is 28.5 Å². The molecule has 0 unspecified atom stereocenters. The van der Waals surface area contributed by atoms with Crippen LogP contribution in [-0.2, 0) is 10.0 Å². The molecule has 23 heavy (non-hydrogen) atoms. The lowest BCUT2D eigenvalue weighted by atomic mass is 10.2. The molecule has 0 bridgehead atoms. The van der Waals surface area contributed by atoms with Crippen molar-refractivity contribution < 1.29 is 13.2 Å². The molecule has 0 aliphatic heterocycles. The first kappa shape index (κ1) is 15.3. The SMILES string of the molecule is CCOc1ccc(S(=O)(=O)n2ccnc2-c2ccccc2)cc1. The molecule has 1 aromatic heterocycles. The molecule has 2 aromatic carbocycles. The van der Waals surface area contributed by atoms with Crippen LogP contribution in [0.3, 0.4) is 0 Å². The highest BCUT2D eigenvalue weighted by molar-refractivity contribution is 7.90. The van der Waals surface area contributed by atoms with Crippen LogP contribution >= 0.6 is 0 Å². The van der Waals surface area contributed by atoms with Crippen LogP contribution in [0.2, 0.25) is 0 Å². The molecule has 0 atom stereocenters. The molecule has 0 saturated heterocycles. The predicted octanol–water partition coefficient (Wildman–Crippen LogP) is 3.19. The quantitative estimate of drug-likeness (QED) is 0.722. The molecular weight excluding hydrogens is 312 g/mol. The number of rotatable bonds is 5. The predicted molar refractivity (Wildman–Crippen MR) is 87.9 cm³/mol. The molecule has 0 aliphatic rings. The Morgan fingerprint density at radius 1 is 1.04 bits per heavy atom. The van der Waals surface area contributed by atoms with Crippen molar-refractivity contribution in [1.82, 2.24) is 8.96 Å². The lowest BCUT2D eigenvalue weighted by Crippen LogP contribution is -2.13. The fourth-order valence-electron chi connectivity index (χ4n) is 2.26. The van der Waals surface area contributed by atoms with E-state index in [-0.39, 0.29) is 4.90 Å². The van der Waals surface area contributed by atoms with Crippen molar-refractivity contribution in [2.45, 2.75) is 11.8 Å². The van der Waals surface area contributed by atoms with Gasteiger partial charge in [-0.3, -0.25) is 0 Å². The molecule has 1 heterocycles. The number of ether oxygens (including phenoxy) is 1. The van der Waals surface area contributed by atoms with Gasteiger partial charge in [-0.1, -0.05) is 30.3 Å². The molecule has 5 nitrogen and oxygen atoms in total. The summed E-state index contributed by atoms with van der Waals surface area (Å²) >= 11 is 0. The molecule has 0 fully saturated rings. The van der Waals surface area contributed by atoms with Gasteiger partial charge >= 0.3 is 0 Å². The Hall–Kier alpha value is -2.60. The lowest BCUT2D eigenvalue weighted by molar-refractivity contribution is 0.340. The van der Waals surface area contributed by atoms with Crippen LogP contribution in [0, 0.1) is 0 Å². The second-order valence-electron chi connectivity index (χ2n) is 4.82. The van der Waals surface area contributed by atoms with Gasteiger partial charge in [0.05, 0.1) is 11.5 Å². The third kappa shape index (κ3) is 2.98. The topological polar surface area (TPSA) is 61.2 Å². The molecule has 0 amide bonds. The minimum absolute atomic E-state index is 0.191. The highest BCUT2D eigenvalue weighted by Crippen LogP contribution is 2.24. The van der Waals surface area contributed by atoms with Crippen molar-refractivity contribution in [3.63, 3.8) is 0 Å². The van der Waals surface area contributed by atoms with Gasteiger partial charge in [0.25, 0.3) is 10.0 Å². The first-order valence-corrected chi connectivity index (χ1v) is 8.64. The Morgan fingerprint density at radius 3 is 2.39 bits per heavy atom. The highest BCUT2D eigenvalue weighted by atomic mass is 32.2. The van der Waals surface area contributed by atoms with E-state index < -0.39 is 10.0 Å². The van der Waals surface area contributed by atoms with Gasteiger partial charge in [-0.15, -0.1) is 0 Å². The molecule has 0 saturated carbocycles. The Balaban J connectivity index is 2.03. The zero-order chi connectivity index (χ0) is 16.3. The zero-order valence-electron chi connectivity index (χ0n) is 12.6. The maximum absolute atomic E-state index is 12.8. The van der Waals surface area contributed by atoms with Gasteiger partial charge in [0.1, 0.15) is 5.75 Å². The zero-order valence-corrected chi connectivity index (χ0v) is 13.4. The average molecular weight is 328 g/mol. The van der Waals surface area contributed by atoms with Gasteiger partial charge in [0, 0.05) is 18.0 Å². The van der Waals surface area contributed by atoms with E-state index in [1.54, 1.807) is 12.1 Å². The molecule has 0 spiro atoms. The molecule has 118 valence electrons. The van der Waals surface area contributed by atoms with Crippen LogP contribution in [0.1, 0.15) is 6.92 Å². The molecule has 3 aromatic rings. The van der Waals surface area contributed by atoms with Gasteiger partial charge in [0.2, 0.25) is 0 Å². The van der Waals surface area contributed by atoms with Gasteiger partial charge in [-0.25, -0.2) is 17.4 Å². The summed E-state index contributed by atoms with van der Waals surface area (Å²) in [6.07, 6.45) is 2.93. The van der Waals surface area contributed by atoms with Crippen LogP contribution in [0.15, 0.2) is 71.9 Å². The average Bonchev–Trinajstić information content (AvgIpc) is 3.07. The summed E-state index contributed by atoms with van der Waals surface area (Å²) in [6.45, 7) is 2.41. The van der Waals surface area contributed by atoms with Crippen LogP contribution in [0.4, 0.5) is 0 Å². The molecule has 0 radical (unpaired) electrons. The van der Waals surface area contributed by atoms with E-state index in [1.807, 2.05) is 37.3 Å². The summed E-state index contributed by atoms with van der Waals surface area (Å²) in [5, 5.41) is 0. The Labute approximate surface area is 135 Å². The van der Waals surface area contributed by atoms with Crippen molar-refractivity contribution in [1.29, 1.82) is 0 Å². The van der Waals surface area contributed by atoms with Gasteiger partial charge in [-0.2, -0.15) is 0 Å². The summed E-state index contributed by atoms with van der Waals surface area (Å²) in [5.74, 6) is 1.03. The number of hydrogen-bond donors (Lipinski definition) is 0. The second kappa shape index (κ2) is 6.26. The first-order chi connectivity index (χ1) is 11.1. The maximum atomic E-state index is 12.8. The van der Waals surface area contributed by atoms with E-state index in [0.29, 0.717) is 18.2 Å². The van der Waals surface area contributed by atoms with E-state index in [4.69, 9.17) is 4.74 Å². The van der Waals surface area contributed by atoms with Crippen molar-refractivity contribution in [3.8, 4) is 17.1 Å². The second-order valence-corrected chi connectivity index (χ2v) is 6.64. The molecular formula is C17H16N2O3S. The van der Waals surface area contributed by atoms with Gasteiger partial charge < -0.3 is 4.74 Å². The van der Waals surface area contributed by atoms with E-state index in [9.17, 15) is 8.42 Å². The molecule has 0 N–H and O–H groups in total. The smallest absolute Gasteiger partial charge is 0.269 e. The van der Waals surface area contributed by atoms with Crippen LogP contribution in [0.5, 0.6) is 5.75 Å². The monoisotopic (exact) mass is 328 g/mol. The van der Waals surface area contributed by atoms with Crippen LogP contribution in [-0.4, -0.2) is 24.0 Å². The Kier molecular flexibility index (Phi) is 4.16. The first-order valence-electron chi connectivity index (χ1n) is 7.20. The van der Waals surface area contributed by atoms with Crippen molar-refractivity contribution in [3.05, 3.63) is 67.0 Å². The normalized spacial score (nSPS) is 11.3. The van der Waals surface area contributed by atoms with E-state index in [2.05, 4.69) is 4.98 Å². The minimum Gasteiger partial charge on any atom is -0.494 e. The fourth-order valence-corrected chi connectivity index (χ4v) is 3.57. The fraction of sp³-hybridized carbons (Fsp3) is 0.118. The summed E-state index contributed by atoms with van der Waals surface area (Å²) in [7, 11) is -3.71. The standard InChI is InChI=1S/C17H16N2O3S/c1-2-22-15-8-10-16(11-9-15)23(20,21)19-13-12-18-17(19)14-6-4-3-5-7-14/h3-13H,2H2,1H3. The summed E-state index contributed by atoms with van der Waals surface area (Å²) in [5.41, 5.74) is 0.743. The number of hydrogen-bond acceptors (Lipinski definition) is 4. The number of aromatic nitrogens is 2. The Bertz CT molecular complexity index is 885. The number of imidazole rings is 1. The third-order valence-electron chi connectivity index (χ3n) is 3.33. The van der Waals surface area contributed by atoms with Gasteiger partial charge in [-0.05, 0) is 31.2 Å². The van der Waals surface area contributed by atoms with E-state index >= 15 is 0 Å². The summed E-state index contributed by atoms with van der Waals surface area (Å²) in [4.78, 5) is 4.38. The maximum Gasteiger partial charge on any atom is 0.269 e. The van der Waals surface area contributed by atoms with Crippen molar-refractivity contribution >= 4 is 10.0 Å². The lowest BCUT2D eigenvalue weighted by Gasteiger charge is -2.10. The van der Waals surface area contributed by atoms with Crippen molar-refractivity contribution in [2.75, 3.05) is 6.61 Å². The molecule has 6 heteroatoms.